The van der Waals surface area contributed by atoms with E-state index in [1.807, 2.05) is 36.6 Å². The highest BCUT2D eigenvalue weighted by Crippen LogP contribution is 2.26. The standard InChI is InChI=1S/C24H33N3O2S/c1-17-16-30-23(25-17)26-21(28)15-27(14-18-8-6-5-7-9-18)22(29)19-10-12-20(13-11-19)24(2,3)4/h10-13,16,18H,5-9,14-15H2,1-4H3,(H,25,26,28). The SMILES string of the molecule is Cc1csc(NC(=O)CN(CC2CCCCC2)C(=O)c2ccc(C(C)(C)C)cc2)n1. The average Bonchev–Trinajstić information content (AvgIpc) is 3.11. The molecule has 1 heterocycles. The van der Waals surface area contributed by atoms with E-state index in [2.05, 4.69) is 31.1 Å². The second-order valence-electron chi connectivity index (χ2n) is 9.36. The summed E-state index contributed by atoms with van der Waals surface area (Å²) in [4.78, 5) is 32.0. The summed E-state index contributed by atoms with van der Waals surface area (Å²) in [7, 11) is 0. The van der Waals surface area contributed by atoms with Crippen LogP contribution in [0.4, 0.5) is 5.13 Å². The van der Waals surface area contributed by atoms with E-state index in [1.54, 1.807) is 4.90 Å². The molecule has 1 fully saturated rings. The third kappa shape index (κ3) is 6.14. The van der Waals surface area contributed by atoms with E-state index in [0.717, 1.165) is 18.5 Å². The molecule has 1 aromatic carbocycles. The molecule has 1 aromatic heterocycles. The molecule has 3 rings (SSSR count). The van der Waals surface area contributed by atoms with Gasteiger partial charge in [0.25, 0.3) is 5.91 Å². The van der Waals surface area contributed by atoms with Crippen molar-refractivity contribution in [2.45, 2.75) is 65.2 Å². The van der Waals surface area contributed by atoms with Crippen LogP contribution in [0.3, 0.4) is 0 Å². The largest absolute Gasteiger partial charge is 0.329 e. The molecule has 2 amide bonds. The van der Waals surface area contributed by atoms with Crippen LogP contribution in [0.5, 0.6) is 0 Å². The number of carbonyl (C=O) groups is 2. The molecule has 0 unspecified atom stereocenters. The van der Waals surface area contributed by atoms with Gasteiger partial charge in [-0.2, -0.15) is 0 Å². The molecule has 0 bridgehead atoms. The van der Waals surface area contributed by atoms with E-state index < -0.39 is 0 Å². The third-order valence-corrected chi connectivity index (χ3v) is 6.56. The summed E-state index contributed by atoms with van der Waals surface area (Å²) in [5.41, 5.74) is 2.74. The maximum Gasteiger partial charge on any atom is 0.254 e. The molecule has 0 saturated heterocycles. The molecule has 0 atom stereocenters. The first-order valence-electron chi connectivity index (χ1n) is 10.8. The predicted molar refractivity (Wildman–Crippen MR) is 123 cm³/mol. The normalized spacial score (nSPS) is 15.1. The van der Waals surface area contributed by atoms with E-state index in [-0.39, 0.29) is 23.8 Å². The van der Waals surface area contributed by atoms with Crippen LogP contribution in [0.25, 0.3) is 0 Å². The van der Waals surface area contributed by atoms with Crippen molar-refractivity contribution in [2.24, 2.45) is 5.92 Å². The molecule has 1 saturated carbocycles. The number of benzene rings is 1. The number of nitrogens with zero attached hydrogens (tertiary/aromatic N) is 2. The van der Waals surface area contributed by atoms with Crippen LogP contribution in [-0.4, -0.2) is 34.8 Å². The Balaban J connectivity index is 1.73. The van der Waals surface area contributed by atoms with Crippen molar-refractivity contribution in [3.63, 3.8) is 0 Å². The number of hydrogen-bond donors (Lipinski definition) is 1. The second-order valence-corrected chi connectivity index (χ2v) is 10.2. The van der Waals surface area contributed by atoms with Crippen molar-refractivity contribution in [1.82, 2.24) is 9.88 Å². The number of aromatic nitrogens is 1. The number of nitrogens with one attached hydrogen (secondary N) is 1. The molecule has 0 radical (unpaired) electrons. The van der Waals surface area contributed by atoms with E-state index in [0.29, 0.717) is 23.2 Å². The summed E-state index contributed by atoms with van der Waals surface area (Å²) in [6.45, 7) is 9.04. The van der Waals surface area contributed by atoms with Crippen molar-refractivity contribution in [2.75, 3.05) is 18.4 Å². The van der Waals surface area contributed by atoms with Crippen molar-refractivity contribution in [3.05, 3.63) is 46.5 Å². The lowest BCUT2D eigenvalue weighted by Gasteiger charge is -2.29. The van der Waals surface area contributed by atoms with E-state index in [1.165, 1.54) is 36.2 Å². The van der Waals surface area contributed by atoms with Gasteiger partial charge in [0.05, 0.1) is 5.69 Å². The first-order chi connectivity index (χ1) is 14.2. The summed E-state index contributed by atoms with van der Waals surface area (Å²) in [6, 6.07) is 7.81. The fourth-order valence-corrected chi connectivity index (χ4v) is 4.64. The minimum absolute atomic E-state index is 0.0368. The molecular weight excluding hydrogens is 394 g/mol. The Bertz CT molecular complexity index is 861. The van der Waals surface area contributed by atoms with Crippen LogP contribution in [0.15, 0.2) is 29.6 Å². The highest BCUT2D eigenvalue weighted by molar-refractivity contribution is 7.13. The molecule has 1 N–H and O–H groups in total. The van der Waals surface area contributed by atoms with Crippen LogP contribution >= 0.6 is 11.3 Å². The zero-order chi connectivity index (χ0) is 21.7. The highest BCUT2D eigenvalue weighted by Gasteiger charge is 2.25. The van der Waals surface area contributed by atoms with Crippen molar-refractivity contribution in [1.29, 1.82) is 0 Å². The molecule has 5 nitrogen and oxygen atoms in total. The van der Waals surface area contributed by atoms with Gasteiger partial charge in [0.1, 0.15) is 6.54 Å². The van der Waals surface area contributed by atoms with E-state index in [9.17, 15) is 9.59 Å². The average molecular weight is 428 g/mol. The topological polar surface area (TPSA) is 62.3 Å². The summed E-state index contributed by atoms with van der Waals surface area (Å²) >= 11 is 1.40. The lowest BCUT2D eigenvalue weighted by molar-refractivity contribution is -0.117. The molecule has 6 heteroatoms. The number of aryl methyl sites for hydroxylation is 1. The molecule has 2 aromatic rings. The zero-order valence-corrected chi connectivity index (χ0v) is 19.3. The minimum atomic E-state index is -0.195. The number of rotatable bonds is 6. The maximum absolute atomic E-state index is 13.3. The van der Waals surface area contributed by atoms with Crippen LogP contribution in [0, 0.1) is 12.8 Å². The van der Waals surface area contributed by atoms with Crippen LogP contribution in [0.2, 0.25) is 0 Å². The first kappa shape index (κ1) is 22.5. The molecule has 0 spiro atoms. The summed E-state index contributed by atoms with van der Waals surface area (Å²) in [5, 5.41) is 5.32. The van der Waals surface area contributed by atoms with E-state index in [4.69, 9.17) is 0 Å². The Hall–Kier alpha value is -2.21. The van der Waals surface area contributed by atoms with Gasteiger partial charge in [-0.25, -0.2) is 4.98 Å². The summed E-state index contributed by atoms with van der Waals surface area (Å²) < 4.78 is 0. The quantitative estimate of drug-likeness (QED) is 0.670. The highest BCUT2D eigenvalue weighted by atomic mass is 32.1. The fraction of sp³-hybridized carbons (Fsp3) is 0.542. The Morgan fingerprint density at radius 1 is 1.13 bits per heavy atom. The summed E-state index contributed by atoms with van der Waals surface area (Å²) in [6.07, 6.45) is 5.93. The van der Waals surface area contributed by atoms with Gasteiger partial charge in [-0.1, -0.05) is 52.2 Å². The van der Waals surface area contributed by atoms with Gasteiger partial charge in [0, 0.05) is 17.5 Å². The first-order valence-corrected chi connectivity index (χ1v) is 11.7. The number of thiazole rings is 1. The summed E-state index contributed by atoms with van der Waals surface area (Å²) in [5.74, 6) is 0.192. The fourth-order valence-electron chi connectivity index (χ4n) is 3.94. The van der Waals surface area contributed by atoms with Crippen molar-refractivity contribution < 1.29 is 9.59 Å². The Morgan fingerprint density at radius 2 is 1.80 bits per heavy atom. The lowest BCUT2D eigenvalue weighted by Crippen LogP contribution is -2.41. The van der Waals surface area contributed by atoms with Gasteiger partial charge in [0.15, 0.2) is 5.13 Å². The number of hydrogen-bond acceptors (Lipinski definition) is 4. The molecule has 162 valence electrons. The van der Waals surface area contributed by atoms with Gasteiger partial charge in [-0.05, 0) is 48.8 Å². The lowest BCUT2D eigenvalue weighted by atomic mass is 9.86. The van der Waals surface area contributed by atoms with Gasteiger partial charge in [-0.3, -0.25) is 9.59 Å². The second kappa shape index (κ2) is 9.73. The Kier molecular flexibility index (Phi) is 7.29. The van der Waals surface area contributed by atoms with E-state index >= 15 is 0 Å². The molecule has 1 aliphatic carbocycles. The zero-order valence-electron chi connectivity index (χ0n) is 18.5. The Labute approximate surface area is 183 Å². The molecule has 30 heavy (non-hydrogen) atoms. The van der Waals surface area contributed by atoms with Crippen molar-refractivity contribution >= 4 is 28.3 Å². The smallest absolute Gasteiger partial charge is 0.254 e. The molecule has 1 aliphatic rings. The molecular formula is C24H33N3O2S. The van der Waals surface area contributed by atoms with Crippen LogP contribution < -0.4 is 5.32 Å². The van der Waals surface area contributed by atoms with Gasteiger partial charge in [-0.15, -0.1) is 11.3 Å². The van der Waals surface area contributed by atoms with Crippen molar-refractivity contribution in [3.8, 4) is 0 Å². The minimum Gasteiger partial charge on any atom is -0.329 e. The van der Waals surface area contributed by atoms with Crippen LogP contribution in [0.1, 0.15) is 74.5 Å². The monoisotopic (exact) mass is 427 g/mol. The van der Waals surface area contributed by atoms with Gasteiger partial charge >= 0.3 is 0 Å². The van der Waals surface area contributed by atoms with Gasteiger partial charge in [0.2, 0.25) is 5.91 Å². The third-order valence-electron chi connectivity index (χ3n) is 5.69. The molecule has 0 aliphatic heterocycles. The maximum atomic E-state index is 13.3. The Morgan fingerprint density at radius 3 is 2.37 bits per heavy atom. The number of amides is 2. The predicted octanol–water partition coefficient (Wildman–Crippen LogP) is 5.41. The number of anilines is 1. The van der Waals surface area contributed by atoms with Gasteiger partial charge < -0.3 is 10.2 Å². The number of carbonyl (C=O) groups excluding carboxylic acids is 2. The van der Waals surface area contributed by atoms with Crippen LogP contribution in [-0.2, 0) is 10.2 Å².